The van der Waals surface area contributed by atoms with Crippen molar-refractivity contribution in [3.63, 3.8) is 0 Å². The second-order valence-electron chi connectivity index (χ2n) is 9.32. The zero-order chi connectivity index (χ0) is 23.9. The molecule has 0 amide bonds. The standard InChI is InChI=1S/C27H27N7O/c1-33-27-23(24(32-33)18-6-2-3-7-18)22(20(16-28)25(29)35-27)17-9-11-19(12-10-17)34-15-14-31-26(34)21-8-4-5-13-30-21/h4-5,8-15,18,22,24,32H,2-3,6-7,29H2,1H3. The van der Waals surface area contributed by atoms with Crippen LogP contribution in [0.15, 0.2) is 84.0 Å². The molecule has 3 N–H and O–H groups in total. The van der Waals surface area contributed by atoms with Gasteiger partial charge in [-0.1, -0.05) is 31.0 Å². The first kappa shape index (κ1) is 21.4. The maximum atomic E-state index is 10.1. The molecule has 1 aliphatic carbocycles. The number of ether oxygens (including phenoxy) is 1. The van der Waals surface area contributed by atoms with Gasteiger partial charge >= 0.3 is 0 Å². The van der Waals surface area contributed by atoms with Crippen LogP contribution in [0.25, 0.3) is 17.2 Å². The maximum Gasteiger partial charge on any atom is 0.213 e. The number of hydrazine groups is 1. The second kappa shape index (κ2) is 8.60. The van der Waals surface area contributed by atoms with Crippen LogP contribution in [0.3, 0.4) is 0 Å². The van der Waals surface area contributed by atoms with Crippen LogP contribution in [0, 0.1) is 17.2 Å². The lowest BCUT2D eigenvalue weighted by Crippen LogP contribution is -2.39. The highest BCUT2D eigenvalue weighted by Crippen LogP contribution is 2.47. The molecular formula is C27H27N7O. The number of rotatable bonds is 4. The van der Waals surface area contributed by atoms with Gasteiger partial charge in [-0.25, -0.2) is 10.4 Å². The van der Waals surface area contributed by atoms with E-state index in [2.05, 4.69) is 45.7 Å². The van der Waals surface area contributed by atoms with Gasteiger partial charge in [-0.15, -0.1) is 0 Å². The Balaban J connectivity index is 1.39. The molecule has 0 spiro atoms. The molecule has 35 heavy (non-hydrogen) atoms. The van der Waals surface area contributed by atoms with Crippen molar-refractivity contribution < 1.29 is 4.74 Å². The highest BCUT2D eigenvalue weighted by Gasteiger charge is 2.45. The van der Waals surface area contributed by atoms with Gasteiger partial charge in [0, 0.05) is 36.9 Å². The van der Waals surface area contributed by atoms with Crippen molar-refractivity contribution in [3.05, 3.63) is 89.5 Å². The van der Waals surface area contributed by atoms with E-state index < -0.39 is 0 Å². The molecule has 2 unspecified atom stereocenters. The monoisotopic (exact) mass is 465 g/mol. The van der Waals surface area contributed by atoms with Crippen molar-refractivity contribution in [2.24, 2.45) is 11.7 Å². The van der Waals surface area contributed by atoms with Gasteiger partial charge in [-0.05, 0) is 48.6 Å². The van der Waals surface area contributed by atoms with Crippen molar-refractivity contribution in [1.82, 2.24) is 25.0 Å². The second-order valence-corrected chi connectivity index (χ2v) is 9.32. The minimum atomic E-state index is -0.251. The number of aromatic nitrogens is 3. The topological polar surface area (TPSA) is 105 Å². The van der Waals surface area contributed by atoms with Crippen LogP contribution in [-0.4, -0.2) is 32.6 Å². The molecular weight excluding hydrogens is 438 g/mol. The fourth-order valence-corrected chi connectivity index (χ4v) is 5.69. The van der Waals surface area contributed by atoms with Gasteiger partial charge in [0.25, 0.3) is 0 Å². The maximum absolute atomic E-state index is 10.1. The number of imidazole rings is 1. The summed E-state index contributed by atoms with van der Waals surface area (Å²) >= 11 is 0. The minimum absolute atomic E-state index is 0.128. The zero-order valence-corrected chi connectivity index (χ0v) is 19.6. The van der Waals surface area contributed by atoms with Crippen molar-refractivity contribution in [2.45, 2.75) is 37.6 Å². The van der Waals surface area contributed by atoms with Gasteiger partial charge in [0.1, 0.15) is 17.3 Å². The quantitative estimate of drug-likeness (QED) is 0.601. The smallest absolute Gasteiger partial charge is 0.213 e. The largest absolute Gasteiger partial charge is 0.423 e. The predicted molar refractivity (Wildman–Crippen MR) is 131 cm³/mol. The van der Waals surface area contributed by atoms with E-state index in [1.165, 1.54) is 25.7 Å². The summed E-state index contributed by atoms with van der Waals surface area (Å²) in [5.74, 6) is 1.94. The number of nitrogens with zero attached hydrogens (tertiary/aromatic N) is 5. The molecule has 2 aromatic heterocycles. The highest BCUT2D eigenvalue weighted by molar-refractivity contribution is 5.56. The minimum Gasteiger partial charge on any atom is -0.423 e. The van der Waals surface area contributed by atoms with Crippen LogP contribution in [-0.2, 0) is 4.74 Å². The number of allylic oxidation sites excluding steroid dienone is 1. The third-order valence-electron chi connectivity index (χ3n) is 7.32. The lowest BCUT2D eigenvalue weighted by atomic mass is 9.77. The summed E-state index contributed by atoms with van der Waals surface area (Å²) in [4.78, 5) is 8.96. The Labute approximate surface area is 204 Å². The predicted octanol–water partition coefficient (Wildman–Crippen LogP) is 3.96. The summed E-state index contributed by atoms with van der Waals surface area (Å²) in [5, 5.41) is 12.0. The summed E-state index contributed by atoms with van der Waals surface area (Å²) in [6.45, 7) is 0. The normalized spacial score (nSPS) is 22.3. The van der Waals surface area contributed by atoms with E-state index in [9.17, 15) is 5.26 Å². The zero-order valence-electron chi connectivity index (χ0n) is 19.6. The Morgan fingerprint density at radius 3 is 2.60 bits per heavy atom. The Kier molecular flexibility index (Phi) is 5.27. The van der Waals surface area contributed by atoms with E-state index in [-0.39, 0.29) is 17.8 Å². The summed E-state index contributed by atoms with van der Waals surface area (Å²) in [5.41, 5.74) is 14.2. The summed E-state index contributed by atoms with van der Waals surface area (Å²) in [6.07, 6.45) is 10.3. The molecule has 0 bridgehead atoms. The Hall–Kier alpha value is -4.09. The first-order chi connectivity index (χ1) is 17.2. The van der Waals surface area contributed by atoms with E-state index in [4.69, 9.17) is 10.5 Å². The Morgan fingerprint density at radius 2 is 1.89 bits per heavy atom. The average molecular weight is 466 g/mol. The average Bonchev–Trinajstić information content (AvgIpc) is 3.65. The molecule has 0 radical (unpaired) electrons. The Bertz CT molecular complexity index is 1340. The van der Waals surface area contributed by atoms with E-state index in [1.54, 1.807) is 12.4 Å². The van der Waals surface area contributed by atoms with Crippen molar-refractivity contribution in [2.75, 3.05) is 7.05 Å². The summed E-state index contributed by atoms with van der Waals surface area (Å²) in [7, 11) is 1.95. The van der Waals surface area contributed by atoms with Gasteiger partial charge in [-0.3, -0.25) is 14.6 Å². The molecule has 8 heteroatoms. The van der Waals surface area contributed by atoms with Gasteiger partial charge in [0.15, 0.2) is 5.82 Å². The summed E-state index contributed by atoms with van der Waals surface area (Å²) < 4.78 is 7.99. The van der Waals surface area contributed by atoms with E-state index in [0.717, 1.165) is 34.2 Å². The molecule has 3 aromatic rings. The molecule has 1 fully saturated rings. The van der Waals surface area contributed by atoms with Crippen LogP contribution in [0.1, 0.15) is 37.2 Å². The third kappa shape index (κ3) is 3.56. The Morgan fingerprint density at radius 1 is 1.09 bits per heavy atom. The van der Waals surface area contributed by atoms with Gasteiger partial charge in [-0.2, -0.15) is 5.26 Å². The van der Waals surface area contributed by atoms with Crippen molar-refractivity contribution >= 4 is 0 Å². The van der Waals surface area contributed by atoms with Gasteiger partial charge < -0.3 is 10.5 Å². The number of benzene rings is 1. The van der Waals surface area contributed by atoms with Gasteiger partial charge in [0.2, 0.25) is 11.8 Å². The fraction of sp³-hybridized carbons (Fsp3) is 0.296. The number of hydrogen-bond donors (Lipinski definition) is 2. The highest BCUT2D eigenvalue weighted by atomic mass is 16.5. The molecule has 4 heterocycles. The molecule has 176 valence electrons. The molecule has 8 nitrogen and oxygen atoms in total. The van der Waals surface area contributed by atoms with E-state index >= 15 is 0 Å². The molecule has 3 aliphatic rings. The van der Waals surface area contributed by atoms with Crippen LogP contribution in [0.2, 0.25) is 0 Å². The summed E-state index contributed by atoms with van der Waals surface area (Å²) in [6, 6.07) is 16.5. The first-order valence-electron chi connectivity index (χ1n) is 12.0. The van der Waals surface area contributed by atoms with Gasteiger partial charge in [0.05, 0.1) is 12.0 Å². The molecule has 2 aliphatic heterocycles. The number of hydrogen-bond acceptors (Lipinski definition) is 7. The SMILES string of the molecule is CN1NC(C2CCCC2)C2=C1OC(N)=C(C#N)C2c1ccc(-n2ccnc2-c2ccccn2)cc1. The number of nitrogens with one attached hydrogen (secondary N) is 1. The van der Waals surface area contributed by atoms with Crippen LogP contribution < -0.4 is 11.2 Å². The molecule has 1 saturated carbocycles. The van der Waals surface area contributed by atoms with E-state index in [0.29, 0.717) is 11.5 Å². The van der Waals surface area contributed by atoms with E-state index in [1.807, 2.05) is 41.0 Å². The number of nitriles is 1. The lowest BCUT2D eigenvalue weighted by molar-refractivity contribution is 0.148. The fourth-order valence-electron chi connectivity index (χ4n) is 5.69. The number of nitrogens with two attached hydrogens (primary N) is 1. The molecule has 0 saturated heterocycles. The number of pyridine rings is 1. The first-order valence-corrected chi connectivity index (χ1v) is 12.0. The molecule has 6 rings (SSSR count). The van der Waals surface area contributed by atoms with Crippen LogP contribution in [0.5, 0.6) is 0 Å². The van der Waals surface area contributed by atoms with Crippen molar-refractivity contribution in [3.8, 4) is 23.3 Å². The third-order valence-corrected chi connectivity index (χ3v) is 7.32. The van der Waals surface area contributed by atoms with Crippen LogP contribution in [0.4, 0.5) is 0 Å². The van der Waals surface area contributed by atoms with Crippen LogP contribution >= 0.6 is 0 Å². The lowest BCUT2D eigenvalue weighted by Gasteiger charge is -2.29. The molecule has 2 atom stereocenters. The molecule has 1 aromatic carbocycles. The van der Waals surface area contributed by atoms with Crippen molar-refractivity contribution in [1.29, 1.82) is 5.26 Å².